The molecule has 1 saturated heterocycles. The van der Waals surface area contributed by atoms with Crippen LogP contribution in [0.3, 0.4) is 0 Å². The van der Waals surface area contributed by atoms with E-state index in [4.69, 9.17) is 27.9 Å². The number of carbonyl (C=O) groups excluding carboxylic acids is 2. The monoisotopic (exact) mass is 368 g/mol. The summed E-state index contributed by atoms with van der Waals surface area (Å²) in [6, 6.07) is 3.30. The van der Waals surface area contributed by atoms with Gasteiger partial charge in [-0.15, -0.1) is 0 Å². The van der Waals surface area contributed by atoms with Crippen molar-refractivity contribution in [1.82, 2.24) is 10.2 Å². The van der Waals surface area contributed by atoms with Gasteiger partial charge in [0.15, 0.2) is 0 Å². The van der Waals surface area contributed by atoms with E-state index in [1.165, 1.54) is 6.08 Å². The Balaban J connectivity index is 1.61. The Kier molecular flexibility index (Phi) is 5.01. The fraction of sp³-hybridized carbons (Fsp3) is 0.412. The van der Waals surface area contributed by atoms with Crippen LogP contribution in [0.15, 0.2) is 24.8 Å². The molecule has 2 heterocycles. The summed E-state index contributed by atoms with van der Waals surface area (Å²) in [5, 5.41) is 3.83. The van der Waals surface area contributed by atoms with E-state index in [9.17, 15) is 9.59 Å². The van der Waals surface area contributed by atoms with Gasteiger partial charge in [-0.05, 0) is 25.0 Å². The van der Waals surface area contributed by atoms with Crippen molar-refractivity contribution in [3.05, 3.63) is 40.4 Å². The van der Waals surface area contributed by atoms with E-state index in [0.717, 1.165) is 5.56 Å². The molecule has 2 aliphatic rings. The summed E-state index contributed by atoms with van der Waals surface area (Å²) in [5.74, 6) is 0.332. The minimum absolute atomic E-state index is 0.0202. The molecule has 1 atom stereocenters. The minimum Gasteiger partial charge on any atom is -0.489 e. The van der Waals surface area contributed by atoms with Crippen LogP contribution in [0.25, 0.3) is 0 Å². The number of carbonyl (C=O) groups is 2. The summed E-state index contributed by atoms with van der Waals surface area (Å²) in [6.45, 7) is 4.97. The van der Waals surface area contributed by atoms with Gasteiger partial charge < -0.3 is 15.0 Å². The topological polar surface area (TPSA) is 58.6 Å². The molecule has 0 spiro atoms. The summed E-state index contributed by atoms with van der Waals surface area (Å²) in [6.07, 6.45) is 2.60. The number of hydrogen-bond donors (Lipinski definition) is 1. The van der Waals surface area contributed by atoms with Crippen molar-refractivity contribution in [1.29, 1.82) is 0 Å². The number of rotatable bonds is 3. The zero-order valence-corrected chi connectivity index (χ0v) is 14.6. The maximum Gasteiger partial charge on any atom is 0.245 e. The maximum absolute atomic E-state index is 12.5. The van der Waals surface area contributed by atoms with Crippen LogP contribution >= 0.6 is 23.2 Å². The summed E-state index contributed by atoms with van der Waals surface area (Å²) < 4.78 is 5.58. The van der Waals surface area contributed by atoms with Gasteiger partial charge in [0, 0.05) is 24.6 Å². The Hall–Kier alpha value is -1.72. The smallest absolute Gasteiger partial charge is 0.245 e. The third-order valence-corrected chi connectivity index (χ3v) is 5.31. The Bertz CT molecular complexity index is 685. The average molecular weight is 369 g/mol. The SMILES string of the molecule is C=CC(=O)N1CCC(C(=O)NC2COc3c2ccc(Cl)c3Cl)CC1. The van der Waals surface area contributed by atoms with Gasteiger partial charge in [-0.25, -0.2) is 0 Å². The van der Waals surface area contributed by atoms with Crippen LogP contribution in [0.4, 0.5) is 0 Å². The van der Waals surface area contributed by atoms with Crippen molar-refractivity contribution in [3.8, 4) is 5.75 Å². The molecule has 128 valence electrons. The predicted octanol–water partition coefficient (Wildman–Crippen LogP) is 2.97. The minimum atomic E-state index is -0.227. The highest BCUT2D eigenvalue weighted by atomic mass is 35.5. The van der Waals surface area contributed by atoms with Crippen LogP contribution in [-0.2, 0) is 9.59 Å². The van der Waals surface area contributed by atoms with Crippen LogP contribution in [0.2, 0.25) is 10.0 Å². The molecule has 0 saturated carbocycles. The first-order chi connectivity index (χ1) is 11.5. The van der Waals surface area contributed by atoms with Gasteiger partial charge >= 0.3 is 0 Å². The van der Waals surface area contributed by atoms with Gasteiger partial charge in [0.1, 0.15) is 17.4 Å². The first kappa shape index (κ1) is 17.1. The highest BCUT2D eigenvalue weighted by molar-refractivity contribution is 6.43. The molecule has 1 aromatic rings. The molecular formula is C17H18Cl2N2O3. The summed E-state index contributed by atoms with van der Waals surface area (Å²) in [5.41, 5.74) is 0.844. The lowest BCUT2D eigenvalue weighted by Crippen LogP contribution is -2.43. The molecule has 7 heteroatoms. The second-order valence-electron chi connectivity index (χ2n) is 5.96. The molecule has 5 nitrogen and oxygen atoms in total. The van der Waals surface area contributed by atoms with E-state index in [1.807, 2.05) is 6.07 Å². The normalized spacial score (nSPS) is 20.2. The number of ether oxygens (including phenoxy) is 1. The molecule has 1 aromatic carbocycles. The van der Waals surface area contributed by atoms with Crippen LogP contribution in [0.1, 0.15) is 24.4 Å². The van der Waals surface area contributed by atoms with Gasteiger partial charge in [-0.2, -0.15) is 0 Å². The molecule has 1 fully saturated rings. The fourth-order valence-electron chi connectivity index (χ4n) is 3.12. The van der Waals surface area contributed by atoms with E-state index < -0.39 is 0 Å². The van der Waals surface area contributed by atoms with Crippen LogP contribution in [-0.4, -0.2) is 36.4 Å². The van der Waals surface area contributed by atoms with Crippen LogP contribution in [0.5, 0.6) is 5.75 Å². The van der Waals surface area contributed by atoms with Gasteiger partial charge in [-0.3, -0.25) is 9.59 Å². The number of nitrogens with zero attached hydrogens (tertiary/aromatic N) is 1. The van der Waals surface area contributed by atoms with Crippen molar-refractivity contribution in [2.45, 2.75) is 18.9 Å². The number of likely N-dealkylation sites (tertiary alicyclic amines) is 1. The molecule has 1 unspecified atom stereocenters. The van der Waals surface area contributed by atoms with E-state index in [-0.39, 0.29) is 23.8 Å². The molecular weight excluding hydrogens is 351 g/mol. The predicted molar refractivity (Wildman–Crippen MR) is 92.3 cm³/mol. The third kappa shape index (κ3) is 3.23. The highest BCUT2D eigenvalue weighted by Gasteiger charge is 2.32. The Morgan fingerprint density at radius 3 is 2.67 bits per heavy atom. The number of fused-ring (bicyclic) bond motifs is 1. The second kappa shape index (κ2) is 7.03. The van der Waals surface area contributed by atoms with Crippen LogP contribution < -0.4 is 10.1 Å². The zero-order valence-electron chi connectivity index (χ0n) is 13.1. The lowest BCUT2D eigenvalue weighted by atomic mass is 9.95. The third-order valence-electron chi connectivity index (χ3n) is 4.52. The summed E-state index contributed by atoms with van der Waals surface area (Å²) in [4.78, 5) is 25.8. The fourth-order valence-corrected chi connectivity index (χ4v) is 3.50. The van der Waals surface area contributed by atoms with Crippen molar-refractivity contribution >= 4 is 35.0 Å². The number of halogens is 2. The first-order valence-corrected chi connectivity index (χ1v) is 8.59. The van der Waals surface area contributed by atoms with Gasteiger partial charge in [-0.1, -0.05) is 35.8 Å². The maximum atomic E-state index is 12.5. The van der Waals surface area contributed by atoms with Crippen molar-refractivity contribution in [2.24, 2.45) is 5.92 Å². The molecule has 0 aliphatic carbocycles. The van der Waals surface area contributed by atoms with Crippen molar-refractivity contribution in [2.75, 3.05) is 19.7 Å². The molecule has 3 rings (SSSR count). The second-order valence-corrected chi connectivity index (χ2v) is 6.74. The van der Waals surface area contributed by atoms with Crippen molar-refractivity contribution < 1.29 is 14.3 Å². The number of amides is 2. The van der Waals surface area contributed by atoms with Gasteiger partial charge in [0.2, 0.25) is 11.8 Å². The van der Waals surface area contributed by atoms with Gasteiger partial charge in [0.25, 0.3) is 0 Å². The van der Waals surface area contributed by atoms with E-state index in [2.05, 4.69) is 11.9 Å². The molecule has 1 N–H and O–H groups in total. The molecule has 0 radical (unpaired) electrons. The molecule has 24 heavy (non-hydrogen) atoms. The highest BCUT2D eigenvalue weighted by Crippen LogP contribution is 2.42. The lowest BCUT2D eigenvalue weighted by Gasteiger charge is -2.31. The Morgan fingerprint density at radius 1 is 1.29 bits per heavy atom. The number of nitrogens with one attached hydrogen (secondary N) is 1. The van der Waals surface area contributed by atoms with Gasteiger partial charge in [0.05, 0.1) is 11.1 Å². The van der Waals surface area contributed by atoms with Crippen LogP contribution in [0, 0.1) is 5.92 Å². The first-order valence-electron chi connectivity index (χ1n) is 7.83. The Labute approximate surface area is 150 Å². The molecule has 0 aromatic heterocycles. The lowest BCUT2D eigenvalue weighted by molar-refractivity contribution is -0.132. The summed E-state index contributed by atoms with van der Waals surface area (Å²) in [7, 11) is 0. The largest absolute Gasteiger partial charge is 0.489 e. The number of benzene rings is 1. The quantitative estimate of drug-likeness (QED) is 0.834. The van der Waals surface area contributed by atoms with E-state index in [0.29, 0.717) is 48.3 Å². The standard InChI is InChI=1S/C17H18Cl2N2O3/c1-2-14(22)21-7-5-10(6-8-21)17(23)20-13-9-24-16-11(13)3-4-12(18)15(16)19/h2-4,10,13H,1,5-9H2,(H,20,23). The number of piperidine rings is 1. The Morgan fingerprint density at radius 2 is 2.00 bits per heavy atom. The van der Waals surface area contributed by atoms with Crippen molar-refractivity contribution in [3.63, 3.8) is 0 Å². The summed E-state index contributed by atoms with van der Waals surface area (Å²) >= 11 is 12.1. The van der Waals surface area contributed by atoms with E-state index >= 15 is 0 Å². The molecule has 2 aliphatic heterocycles. The zero-order chi connectivity index (χ0) is 17.3. The van der Waals surface area contributed by atoms with E-state index in [1.54, 1.807) is 11.0 Å². The molecule has 0 bridgehead atoms. The molecule has 2 amide bonds. The number of hydrogen-bond acceptors (Lipinski definition) is 3. The average Bonchev–Trinajstić information content (AvgIpc) is 3.01.